The minimum absolute atomic E-state index is 0.0435. The molecule has 6 atom stereocenters. The van der Waals surface area contributed by atoms with Crippen molar-refractivity contribution < 1.29 is 19.1 Å². The maximum absolute atomic E-state index is 13.4. The zero-order valence-corrected chi connectivity index (χ0v) is 19.1. The zero-order chi connectivity index (χ0) is 21.7. The average Bonchev–Trinajstić information content (AvgIpc) is 3.47. The fourth-order valence-corrected chi connectivity index (χ4v) is 10.1. The zero-order valence-electron chi connectivity index (χ0n) is 17.5. The lowest BCUT2D eigenvalue weighted by molar-refractivity contribution is -0.148. The lowest BCUT2D eigenvalue weighted by atomic mass is 9.64. The van der Waals surface area contributed by atoms with Crippen LogP contribution in [0.4, 0.5) is 0 Å². The third-order valence-electron chi connectivity index (χ3n) is 8.14. The predicted octanol–water partition coefficient (Wildman–Crippen LogP) is 0.914. The summed E-state index contributed by atoms with van der Waals surface area (Å²) in [6.45, 7) is 6.17. The van der Waals surface area contributed by atoms with Crippen LogP contribution in [0.1, 0.15) is 25.1 Å². The van der Waals surface area contributed by atoms with E-state index in [4.69, 9.17) is 4.74 Å². The summed E-state index contributed by atoms with van der Waals surface area (Å²) in [6, 6.07) is 0. The van der Waals surface area contributed by atoms with Crippen molar-refractivity contribution in [1.82, 2.24) is 14.8 Å². The third-order valence-corrected chi connectivity index (χ3v) is 10.9. The Kier molecular flexibility index (Phi) is 4.31. The third kappa shape index (κ3) is 2.64. The summed E-state index contributed by atoms with van der Waals surface area (Å²) in [5.41, 5.74) is -0.222. The molecule has 1 N–H and O–H groups in total. The number of ether oxygens (including phenoxy) is 1. The first kappa shape index (κ1) is 20.0. The van der Waals surface area contributed by atoms with E-state index in [1.54, 1.807) is 16.7 Å². The van der Waals surface area contributed by atoms with E-state index in [9.17, 15) is 19.2 Å². The molecule has 2 aliphatic carbocycles. The molecule has 1 aromatic heterocycles. The van der Waals surface area contributed by atoms with E-state index >= 15 is 0 Å². The van der Waals surface area contributed by atoms with Crippen molar-refractivity contribution in [2.24, 2.45) is 29.6 Å². The van der Waals surface area contributed by atoms with Gasteiger partial charge in [-0.2, -0.15) is 0 Å². The number of thioether (sulfide) groups is 1. The van der Waals surface area contributed by atoms with Crippen molar-refractivity contribution in [3.05, 3.63) is 14.5 Å². The molecular weight excluding hydrogens is 438 g/mol. The Balaban J connectivity index is 1.29. The van der Waals surface area contributed by atoms with Crippen LogP contribution in [0.5, 0.6) is 0 Å². The van der Waals surface area contributed by atoms with Gasteiger partial charge in [0.05, 0.1) is 30.1 Å². The molecule has 10 heteroatoms. The Hall–Kier alpha value is -1.65. The van der Waals surface area contributed by atoms with E-state index < -0.39 is 0 Å². The molecule has 31 heavy (non-hydrogen) atoms. The monoisotopic (exact) mass is 463 g/mol. The molecule has 0 radical (unpaired) electrons. The molecule has 4 fully saturated rings. The van der Waals surface area contributed by atoms with Gasteiger partial charge in [-0.15, -0.1) is 11.8 Å². The SMILES string of the molecule is CC1(C)c2sc(=O)[nH]c2S[C@@H]2[C@H]3C[C@@H]([C@@H]4C(=O)N(CC(=O)N5CCOCC5)C(=O)[C@@H]34)[C@H]21. The first-order valence-corrected chi connectivity index (χ1v) is 12.6. The second-order valence-corrected chi connectivity index (χ2v) is 12.0. The number of nitrogens with one attached hydrogen (secondary N) is 1. The number of fused-ring (bicyclic) bond motifs is 9. The van der Waals surface area contributed by atoms with Crippen molar-refractivity contribution in [2.75, 3.05) is 32.8 Å². The molecular formula is C21H25N3O5S2. The normalized spacial score (nSPS) is 37.7. The number of nitrogens with zero attached hydrogens (tertiary/aromatic N) is 2. The Morgan fingerprint density at radius 3 is 2.52 bits per heavy atom. The Morgan fingerprint density at radius 2 is 1.81 bits per heavy atom. The molecule has 0 spiro atoms. The quantitative estimate of drug-likeness (QED) is 0.655. The highest BCUT2D eigenvalue weighted by Crippen LogP contribution is 2.68. The largest absolute Gasteiger partial charge is 0.378 e. The molecule has 2 saturated carbocycles. The molecule has 3 aliphatic heterocycles. The number of rotatable bonds is 2. The van der Waals surface area contributed by atoms with Crippen LogP contribution >= 0.6 is 23.1 Å². The maximum atomic E-state index is 13.4. The lowest BCUT2D eigenvalue weighted by Crippen LogP contribution is -2.48. The van der Waals surface area contributed by atoms with Crippen LogP contribution in [0.25, 0.3) is 0 Å². The number of carbonyl (C=O) groups excluding carboxylic acids is 3. The highest BCUT2D eigenvalue weighted by Gasteiger charge is 2.70. The van der Waals surface area contributed by atoms with Gasteiger partial charge >= 0.3 is 4.87 Å². The smallest absolute Gasteiger partial charge is 0.305 e. The molecule has 3 amide bonds. The topological polar surface area (TPSA) is 99.8 Å². The van der Waals surface area contributed by atoms with Gasteiger partial charge in [0.2, 0.25) is 17.7 Å². The highest BCUT2D eigenvalue weighted by atomic mass is 32.2. The number of thiazole rings is 1. The molecule has 2 saturated heterocycles. The van der Waals surface area contributed by atoms with Crippen molar-refractivity contribution in [3.8, 4) is 0 Å². The van der Waals surface area contributed by atoms with Gasteiger partial charge in [0.25, 0.3) is 0 Å². The summed E-state index contributed by atoms with van der Waals surface area (Å²) >= 11 is 2.96. The average molecular weight is 464 g/mol. The minimum atomic E-state index is -0.327. The van der Waals surface area contributed by atoms with Crippen LogP contribution in [0.3, 0.4) is 0 Å². The van der Waals surface area contributed by atoms with Crippen LogP contribution in [0.2, 0.25) is 0 Å². The summed E-state index contributed by atoms with van der Waals surface area (Å²) in [7, 11) is 0. The molecule has 6 rings (SSSR count). The highest BCUT2D eigenvalue weighted by molar-refractivity contribution is 8.00. The number of amides is 3. The van der Waals surface area contributed by atoms with Gasteiger partial charge < -0.3 is 14.6 Å². The van der Waals surface area contributed by atoms with Crippen LogP contribution in [-0.2, 0) is 24.5 Å². The van der Waals surface area contributed by atoms with Crippen LogP contribution in [-0.4, -0.2) is 70.6 Å². The Labute approximate surface area is 187 Å². The number of aromatic amines is 1. The number of morpholine rings is 1. The van der Waals surface area contributed by atoms with Crippen molar-refractivity contribution in [2.45, 2.75) is 36.0 Å². The van der Waals surface area contributed by atoms with Crippen molar-refractivity contribution in [3.63, 3.8) is 0 Å². The lowest BCUT2D eigenvalue weighted by Gasteiger charge is -2.47. The number of imide groups is 1. The van der Waals surface area contributed by atoms with Gasteiger partial charge in [0, 0.05) is 28.6 Å². The minimum Gasteiger partial charge on any atom is -0.378 e. The number of aromatic nitrogens is 1. The van der Waals surface area contributed by atoms with Gasteiger partial charge in [0.15, 0.2) is 0 Å². The number of likely N-dealkylation sites (tertiary alicyclic amines) is 1. The summed E-state index contributed by atoms with van der Waals surface area (Å²) < 4.78 is 5.30. The van der Waals surface area contributed by atoms with E-state index in [1.807, 2.05) is 0 Å². The van der Waals surface area contributed by atoms with Gasteiger partial charge in [-0.05, 0) is 24.2 Å². The first-order valence-electron chi connectivity index (χ1n) is 10.9. The molecule has 166 valence electrons. The van der Waals surface area contributed by atoms with Gasteiger partial charge in [-0.1, -0.05) is 25.2 Å². The van der Waals surface area contributed by atoms with E-state index in [0.29, 0.717) is 26.3 Å². The Morgan fingerprint density at radius 1 is 1.13 bits per heavy atom. The fourth-order valence-electron chi connectivity index (χ4n) is 6.92. The molecule has 1 aromatic rings. The Bertz CT molecular complexity index is 1040. The van der Waals surface area contributed by atoms with E-state index in [-0.39, 0.29) is 69.4 Å². The molecule has 2 bridgehead atoms. The van der Waals surface area contributed by atoms with Gasteiger partial charge in [-0.25, -0.2) is 0 Å². The summed E-state index contributed by atoms with van der Waals surface area (Å²) in [6.07, 6.45) is 0.878. The van der Waals surface area contributed by atoms with Crippen LogP contribution in [0, 0.1) is 29.6 Å². The van der Waals surface area contributed by atoms with Crippen LogP contribution in [0.15, 0.2) is 9.82 Å². The molecule has 5 aliphatic rings. The second-order valence-electron chi connectivity index (χ2n) is 9.87. The maximum Gasteiger partial charge on any atom is 0.305 e. The number of H-pyrrole nitrogens is 1. The second kappa shape index (κ2) is 6.68. The van der Waals surface area contributed by atoms with Gasteiger partial charge in [0.1, 0.15) is 6.54 Å². The number of hydrogen-bond acceptors (Lipinski definition) is 7. The number of hydrogen-bond donors (Lipinski definition) is 1. The van der Waals surface area contributed by atoms with Crippen molar-refractivity contribution >= 4 is 40.8 Å². The predicted molar refractivity (Wildman–Crippen MR) is 114 cm³/mol. The molecule has 0 unspecified atom stereocenters. The standard InChI is InChI=1S/C21H25N3O5S2/c1-21(2)14-9-7-10(15(14)30-17-16(21)31-20(28)22-17)13-12(9)18(26)24(19(13)27)8-11(25)23-3-5-29-6-4-23/h9-10,12-15H,3-8H2,1-2H3,(H,22,28)/t9-,10-,12-,13-,14+,15+/m0/s1. The van der Waals surface area contributed by atoms with Gasteiger partial charge in [-0.3, -0.25) is 24.1 Å². The van der Waals surface area contributed by atoms with Crippen LogP contribution < -0.4 is 4.87 Å². The first-order chi connectivity index (χ1) is 14.8. The number of carbonyl (C=O) groups is 3. The molecule has 0 aromatic carbocycles. The van der Waals surface area contributed by atoms with E-state index in [2.05, 4.69) is 18.8 Å². The summed E-state index contributed by atoms with van der Waals surface area (Å²) in [5, 5.41) is 1.15. The molecule has 4 heterocycles. The summed E-state index contributed by atoms with van der Waals surface area (Å²) in [4.78, 5) is 58.4. The van der Waals surface area contributed by atoms with Crippen molar-refractivity contribution in [1.29, 1.82) is 0 Å². The fraction of sp³-hybridized carbons (Fsp3) is 0.714. The van der Waals surface area contributed by atoms with E-state index in [1.165, 1.54) is 16.2 Å². The molecule has 8 nitrogen and oxygen atoms in total. The van der Waals surface area contributed by atoms with E-state index in [0.717, 1.165) is 16.3 Å². The summed E-state index contributed by atoms with van der Waals surface area (Å²) in [5.74, 6) is -0.700.